The van der Waals surface area contributed by atoms with Crippen LogP contribution in [-0.2, 0) is 12.8 Å². The topological polar surface area (TPSA) is 89.0 Å². The zero-order valence-corrected chi connectivity index (χ0v) is 11.3. The van der Waals surface area contributed by atoms with Gasteiger partial charge < -0.3 is 10.5 Å². The summed E-state index contributed by atoms with van der Waals surface area (Å²) in [6.45, 7) is 0. The van der Waals surface area contributed by atoms with Crippen LogP contribution in [0.2, 0.25) is 0 Å². The van der Waals surface area contributed by atoms with Crippen molar-refractivity contribution in [1.29, 1.82) is 5.26 Å². The van der Waals surface area contributed by atoms with Gasteiger partial charge in [-0.3, -0.25) is 4.79 Å². The molecule has 0 saturated carbocycles. The predicted octanol–water partition coefficient (Wildman–Crippen LogP) is 2.33. The van der Waals surface area contributed by atoms with Crippen molar-refractivity contribution in [3.8, 4) is 17.7 Å². The average molecular weight is 279 g/mol. The van der Waals surface area contributed by atoms with Crippen molar-refractivity contribution in [3.05, 3.63) is 52.7 Å². The highest BCUT2D eigenvalue weighted by atomic mass is 16.5. The molecule has 0 radical (unpaired) electrons. The molecule has 0 unspecified atom stereocenters. The third-order valence-electron chi connectivity index (χ3n) is 3.50. The molecule has 0 bridgehead atoms. The maximum atomic E-state index is 11.4. The molecule has 1 aliphatic carbocycles. The largest absolute Gasteiger partial charge is 0.437 e. The Balaban J connectivity index is 2.03. The molecule has 2 aromatic rings. The Morgan fingerprint density at radius 1 is 1.33 bits per heavy atom. The van der Waals surface area contributed by atoms with Crippen LogP contribution in [0.3, 0.4) is 0 Å². The molecule has 5 heteroatoms. The molecule has 5 nitrogen and oxygen atoms in total. The summed E-state index contributed by atoms with van der Waals surface area (Å²) in [5, 5.41) is 9.24. The zero-order valence-electron chi connectivity index (χ0n) is 11.3. The standard InChI is InChI=1S/C16H13N3O2/c17-9-11-8-10-4-3-6-13(10)19-16(11)21-14-7-2-1-5-12(14)15(18)20/h1-2,5,7-8H,3-4,6H2,(H2,18,20). The van der Waals surface area contributed by atoms with Gasteiger partial charge in [-0.2, -0.15) is 5.26 Å². The third-order valence-corrected chi connectivity index (χ3v) is 3.50. The van der Waals surface area contributed by atoms with Gasteiger partial charge in [-0.15, -0.1) is 0 Å². The van der Waals surface area contributed by atoms with Crippen LogP contribution < -0.4 is 10.5 Å². The first-order valence-corrected chi connectivity index (χ1v) is 6.68. The molecule has 0 fully saturated rings. The Bertz CT molecular complexity index is 763. The first-order chi connectivity index (χ1) is 10.2. The number of para-hydroxylation sites is 1. The number of hydrogen-bond acceptors (Lipinski definition) is 4. The van der Waals surface area contributed by atoms with Gasteiger partial charge in [0, 0.05) is 5.69 Å². The summed E-state index contributed by atoms with van der Waals surface area (Å²) >= 11 is 0. The summed E-state index contributed by atoms with van der Waals surface area (Å²) in [5.41, 5.74) is 8.02. The SMILES string of the molecule is N#Cc1cc2c(nc1Oc1ccccc1C(N)=O)CCC2. The van der Waals surface area contributed by atoms with Gasteiger partial charge >= 0.3 is 0 Å². The molecule has 104 valence electrons. The molecule has 1 aromatic carbocycles. The predicted molar refractivity (Wildman–Crippen MR) is 76.0 cm³/mol. The Morgan fingerprint density at radius 2 is 2.14 bits per heavy atom. The maximum Gasteiger partial charge on any atom is 0.252 e. The van der Waals surface area contributed by atoms with Crippen LogP contribution in [0.15, 0.2) is 30.3 Å². The summed E-state index contributed by atoms with van der Waals surface area (Å²) in [6, 6.07) is 10.6. The number of carbonyl (C=O) groups excluding carboxylic acids is 1. The number of rotatable bonds is 3. The van der Waals surface area contributed by atoms with E-state index in [9.17, 15) is 10.1 Å². The van der Waals surface area contributed by atoms with Crippen molar-refractivity contribution >= 4 is 5.91 Å². The number of ether oxygens (including phenoxy) is 1. The number of hydrogen-bond donors (Lipinski definition) is 1. The van der Waals surface area contributed by atoms with Gasteiger partial charge in [0.1, 0.15) is 17.4 Å². The molecule has 1 aromatic heterocycles. The highest BCUT2D eigenvalue weighted by molar-refractivity contribution is 5.95. The molecule has 0 aliphatic heterocycles. The second-order valence-corrected chi connectivity index (χ2v) is 4.87. The molecule has 21 heavy (non-hydrogen) atoms. The fourth-order valence-electron chi connectivity index (χ4n) is 2.47. The summed E-state index contributed by atoms with van der Waals surface area (Å²) in [7, 11) is 0. The fourth-order valence-corrected chi connectivity index (χ4v) is 2.47. The second-order valence-electron chi connectivity index (χ2n) is 4.87. The summed E-state index contributed by atoms with van der Waals surface area (Å²) in [6.07, 6.45) is 2.86. The van der Waals surface area contributed by atoms with Gasteiger partial charge in [0.25, 0.3) is 5.91 Å². The smallest absolute Gasteiger partial charge is 0.252 e. The summed E-state index contributed by atoms with van der Waals surface area (Å²) in [5.74, 6) is -0.0379. The number of nitriles is 1. The number of pyridine rings is 1. The quantitative estimate of drug-likeness (QED) is 0.933. The van der Waals surface area contributed by atoms with E-state index in [1.807, 2.05) is 6.07 Å². The Labute approximate surface area is 122 Å². The molecule has 0 spiro atoms. The fraction of sp³-hybridized carbons (Fsp3) is 0.188. The first-order valence-electron chi connectivity index (χ1n) is 6.68. The first kappa shape index (κ1) is 13.1. The van der Waals surface area contributed by atoms with Crippen LogP contribution in [0.25, 0.3) is 0 Å². The number of aromatic nitrogens is 1. The van der Waals surface area contributed by atoms with Crippen molar-refractivity contribution < 1.29 is 9.53 Å². The van der Waals surface area contributed by atoms with Crippen LogP contribution in [0, 0.1) is 11.3 Å². The number of primary amides is 1. The van der Waals surface area contributed by atoms with E-state index < -0.39 is 5.91 Å². The van der Waals surface area contributed by atoms with E-state index in [-0.39, 0.29) is 11.4 Å². The number of nitrogens with zero attached hydrogens (tertiary/aromatic N) is 2. The number of aryl methyl sites for hydroxylation is 2. The number of fused-ring (bicyclic) bond motifs is 1. The highest BCUT2D eigenvalue weighted by Crippen LogP contribution is 2.30. The van der Waals surface area contributed by atoms with E-state index in [0.29, 0.717) is 11.3 Å². The van der Waals surface area contributed by atoms with Crippen molar-refractivity contribution in [1.82, 2.24) is 4.98 Å². The third kappa shape index (κ3) is 2.43. The second kappa shape index (κ2) is 5.25. The lowest BCUT2D eigenvalue weighted by Crippen LogP contribution is -2.12. The Morgan fingerprint density at radius 3 is 2.90 bits per heavy atom. The minimum atomic E-state index is -0.578. The zero-order chi connectivity index (χ0) is 14.8. The van der Waals surface area contributed by atoms with E-state index in [4.69, 9.17) is 10.5 Å². The van der Waals surface area contributed by atoms with Crippen LogP contribution in [0.5, 0.6) is 11.6 Å². The normalized spacial score (nSPS) is 12.5. The van der Waals surface area contributed by atoms with Crippen molar-refractivity contribution in [2.75, 3.05) is 0 Å². The van der Waals surface area contributed by atoms with E-state index in [1.54, 1.807) is 24.3 Å². The highest BCUT2D eigenvalue weighted by Gasteiger charge is 2.19. The molecule has 0 saturated heterocycles. The van der Waals surface area contributed by atoms with Crippen LogP contribution in [-0.4, -0.2) is 10.9 Å². The summed E-state index contributed by atoms with van der Waals surface area (Å²) < 4.78 is 5.68. The van der Waals surface area contributed by atoms with E-state index in [1.165, 1.54) is 0 Å². The van der Waals surface area contributed by atoms with Gasteiger partial charge in [0.15, 0.2) is 0 Å². The number of nitrogens with two attached hydrogens (primary N) is 1. The van der Waals surface area contributed by atoms with E-state index in [0.717, 1.165) is 30.5 Å². The molecule has 2 N–H and O–H groups in total. The molecular formula is C16H13N3O2. The minimum Gasteiger partial charge on any atom is -0.437 e. The lowest BCUT2D eigenvalue weighted by Gasteiger charge is -2.10. The van der Waals surface area contributed by atoms with Gasteiger partial charge in [-0.25, -0.2) is 4.98 Å². The van der Waals surface area contributed by atoms with E-state index in [2.05, 4.69) is 11.1 Å². The number of amides is 1. The van der Waals surface area contributed by atoms with Gasteiger partial charge in [-0.05, 0) is 43.0 Å². The molecule has 1 heterocycles. The monoisotopic (exact) mass is 279 g/mol. The average Bonchev–Trinajstić information content (AvgIpc) is 2.94. The van der Waals surface area contributed by atoms with Crippen molar-refractivity contribution in [2.45, 2.75) is 19.3 Å². The number of carbonyl (C=O) groups is 1. The van der Waals surface area contributed by atoms with E-state index >= 15 is 0 Å². The van der Waals surface area contributed by atoms with Gasteiger partial charge in [-0.1, -0.05) is 12.1 Å². The minimum absolute atomic E-state index is 0.229. The lowest BCUT2D eigenvalue weighted by molar-refractivity contribution is 0.0998. The maximum absolute atomic E-state index is 11.4. The van der Waals surface area contributed by atoms with Crippen LogP contribution >= 0.6 is 0 Å². The van der Waals surface area contributed by atoms with Crippen LogP contribution in [0.4, 0.5) is 0 Å². The molecular weight excluding hydrogens is 266 g/mol. The Hall–Kier alpha value is -2.87. The van der Waals surface area contributed by atoms with Crippen molar-refractivity contribution in [3.63, 3.8) is 0 Å². The van der Waals surface area contributed by atoms with Crippen LogP contribution in [0.1, 0.15) is 33.6 Å². The van der Waals surface area contributed by atoms with Gasteiger partial charge in [0.2, 0.25) is 5.88 Å². The van der Waals surface area contributed by atoms with Gasteiger partial charge in [0.05, 0.1) is 5.56 Å². The Kier molecular flexibility index (Phi) is 3.28. The van der Waals surface area contributed by atoms with Crippen molar-refractivity contribution in [2.24, 2.45) is 5.73 Å². The molecule has 3 rings (SSSR count). The summed E-state index contributed by atoms with van der Waals surface area (Å²) in [4.78, 5) is 15.8. The molecule has 0 atom stereocenters. The molecule has 1 aliphatic rings. The lowest BCUT2D eigenvalue weighted by atomic mass is 10.1. The number of benzene rings is 1. The molecule has 1 amide bonds.